The lowest BCUT2D eigenvalue weighted by molar-refractivity contribution is -0.385. The normalized spacial score (nSPS) is 21.3. The van der Waals surface area contributed by atoms with Crippen LogP contribution < -0.4 is 9.96 Å². The second-order valence-electron chi connectivity index (χ2n) is 7.94. The van der Waals surface area contributed by atoms with Crippen molar-refractivity contribution >= 4 is 46.2 Å². The molecule has 3 unspecified atom stereocenters. The maximum atomic E-state index is 13.6. The summed E-state index contributed by atoms with van der Waals surface area (Å²) < 4.78 is 0. The molecule has 2 amide bonds. The fraction of sp³-hybridized carbons (Fsp3) is 0.130. The van der Waals surface area contributed by atoms with Gasteiger partial charge in [0.1, 0.15) is 5.92 Å². The highest BCUT2D eigenvalue weighted by molar-refractivity contribution is 6.30. The summed E-state index contributed by atoms with van der Waals surface area (Å²) in [5.41, 5.74) is 0.701. The topological polar surface area (TPSA) is 136 Å². The number of halogens is 1. The van der Waals surface area contributed by atoms with Gasteiger partial charge in [-0.25, -0.2) is 9.96 Å². The second kappa shape index (κ2) is 8.46. The van der Waals surface area contributed by atoms with Crippen LogP contribution in [-0.4, -0.2) is 27.8 Å². The summed E-state index contributed by atoms with van der Waals surface area (Å²) in [5, 5.41) is 24.2. The largest absolute Gasteiger partial charge is 0.273 e. The Balaban J connectivity index is 1.57. The monoisotopic (exact) mass is 494 g/mol. The highest BCUT2D eigenvalue weighted by atomic mass is 35.5. The van der Waals surface area contributed by atoms with E-state index in [2.05, 4.69) is 0 Å². The van der Waals surface area contributed by atoms with Crippen LogP contribution >= 0.6 is 11.6 Å². The summed E-state index contributed by atoms with van der Waals surface area (Å²) in [6.45, 7) is 0. The number of anilines is 2. The zero-order chi connectivity index (χ0) is 24.9. The number of hydroxylamine groups is 1. The molecule has 0 spiro atoms. The van der Waals surface area contributed by atoms with Crippen LogP contribution in [-0.2, 0) is 14.4 Å². The van der Waals surface area contributed by atoms with Crippen molar-refractivity contribution in [3.8, 4) is 0 Å². The molecule has 11 nitrogen and oxygen atoms in total. The Bertz CT molecular complexity index is 1360. The molecule has 0 N–H and O–H groups in total. The highest BCUT2D eigenvalue weighted by Gasteiger charge is 2.60. The summed E-state index contributed by atoms with van der Waals surface area (Å²) in [7, 11) is 0. The molecular formula is C23H15ClN4O7. The van der Waals surface area contributed by atoms with Crippen LogP contribution in [0, 0.1) is 26.1 Å². The van der Waals surface area contributed by atoms with Gasteiger partial charge in [0.2, 0.25) is 5.91 Å². The highest BCUT2D eigenvalue weighted by Crippen LogP contribution is 2.48. The molecular weight excluding hydrogens is 480 g/mol. The number of benzene rings is 3. The molecule has 35 heavy (non-hydrogen) atoms. The van der Waals surface area contributed by atoms with Gasteiger partial charge in [-0.2, -0.15) is 0 Å². The average molecular weight is 495 g/mol. The van der Waals surface area contributed by atoms with Gasteiger partial charge in [0, 0.05) is 29.3 Å². The molecule has 0 aliphatic carbocycles. The van der Waals surface area contributed by atoms with Gasteiger partial charge in [-0.05, 0) is 35.9 Å². The molecule has 0 aromatic heterocycles. The number of imide groups is 1. The summed E-state index contributed by atoms with van der Waals surface area (Å²) >= 11 is 6.00. The molecule has 3 aromatic rings. The zero-order valence-corrected chi connectivity index (χ0v) is 18.4. The lowest BCUT2D eigenvalue weighted by Crippen LogP contribution is -2.37. The first kappa shape index (κ1) is 22.4. The molecule has 12 heteroatoms. The van der Waals surface area contributed by atoms with Crippen LogP contribution in [0.4, 0.5) is 22.7 Å². The van der Waals surface area contributed by atoms with Crippen molar-refractivity contribution < 1.29 is 24.3 Å². The predicted molar refractivity (Wildman–Crippen MR) is 124 cm³/mol. The summed E-state index contributed by atoms with van der Waals surface area (Å²) in [5.74, 6) is -2.26. The standard InChI is InChI=1S/C23H15ClN4O7/c24-14-6-10-15(11-7-14)26-20(13-4-8-16(9-5-13)27(31)32)19-21(35-26)23(30)25(22(19)29)17-2-1-3-18(12-17)28(33)34/h1-12,19-21H. The average Bonchev–Trinajstić information content (AvgIpc) is 3.35. The molecule has 5 rings (SSSR count). The number of carbonyl (C=O) groups excluding carboxylic acids is 2. The van der Waals surface area contributed by atoms with Crippen molar-refractivity contribution in [3.63, 3.8) is 0 Å². The van der Waals surface area contributed by atoms with Crippen LogP contribution in [0.5, 0.6) is 0 Å². The Labute approximate surface area is 202 Å². The van der Waals surface area contributed by atoms with Crippen LogP contribution in [0.15, 0.2) is 72.8 Å². The fourth-order valence-corrected chi connectivity index (χ4v) is 4.48. The van der Waals surface area contributed by atoms with Gasteiger partial charge in [-0.3, -0.25) is 34.7 Å². The van der Waals surface area contributed by atoms with Gasteiger partial charge >= 0.3 is 0 Å². The zero-order valence-electron chi connectivity index (χ0n) is 17.7. The van der Waals surface area contributed by atoms with E-state index in [-0.39, 0.29) is 17.1 Å². The molecule has 2 aliphatic heterocycles. The number of hydrogen-bond donors (Lipinski definition) is 0. The van der Waals surface area contributed by atoms with E-state index >= 15 is 0 Å². The molecule has 2 heterocycles. The van der Waals surface area contributed by atoms with E-state index in [9.17, 15) is 29.8 Å². The van der Waals surface area contributed by atoms with Crippen molar-refractivity contribution in [2.24, 2.45) is 5.92 Å². The van der Waals surface area contributed by atoms with E-state index in [1.165, 1.54) is 47.5 Å². The number of non-ortho nitro benzene ring substituents is 2. The first-order chi connectivity index (χ1) is 16.8. The first-order valence-corrected chi connectivity index (χ1v) is 10.7. The lowest BCUT2D eigenvalue weighted by atomic mass is 9.90. The Hall–Kier alpha value is -4.35. The fourth-order valence-electron chi connectivity index (χ4n) is 4.36. The van der Waals surface area contributed by atoms with Crippen LogP contribution in [0.25, 0.3) is 0 Å². The van der Waals surface area contributed by atoms with Crippen molar-refractivity contribution in [2.75, 3.05) is 9.96 Å². The molecule has 3 atom stereocenters. The molecule has 2 aliphatic rings. The molecule has 0 radical (unpaired) electrons. The Morgan fingerprint density at radius 1 is 0.800 bits per heavy atom. The van der Waals surface area contributed by atoms with Crippen LogP contribution in [0.3, 0.4) is 0 Å². The van der Waals surface area contributed by atoms with E-state index < -0.39 is 39.7 Å². The van der Waals surface area contributed by atoms with Crippen LogP contribution in [0.2, 0.25) is 5.02 Å². The number of rotatable bonds is 5. The van der Waals surface area contributed by atoms with E-state index in [0.717, 1.165) is 11.0 Å². The van der Waals surface area contributed by atoms with Crippen molar-refractivity contribution in [1.29, 1.82) is 0 Å². The molecule has 0 saturated carbocycles. The molecule has 3 aromatic carbocycles. The summed E-state index contributed by atoms with van der Waals surface area (Å²) in [6.07, 6.45) is -1.20. The van der Waals surface area contributed by atoms with Gasteiger partial charge < -0.3 is 0 Å². The maximum Gasteiger partial charge on any atom is 0.271 e. The van der Waals surface area contributed by atoms with Crippen molar-refractivity contribution in [1.82, 2.24) is 0 Å². The van der Waals surface area contributed by atoms with E-state index in [1.807, 2.05) is 0 Å². The van der Waals surface area contributed by atoms with Crippen molar-refractivity contribution in [3.05, 3.63) is 104 Å². The third kappa shape index (κ3) is 3.76. The van der Waals surface area contributed by atoms with Crippen molar-refractivity contribution in [2.45, 2.75) is 12.1 Å². The third-order valence-corrected chi connectivity index (χ3v) is 6.19. The van der Waals surface area contributed by atoms with E-state index in [0.29, 0.717) is 16.3 Å². The first-order valence-electron chi connectivity index (χ1n) is 10.3. The second-order valence-corrected chi connectivity index (χ2v) is 8.37. The van der Waals surface area contributed by atoms with Gasteiger partial charge in [0.25, 0.3) is 17.3 Å². The smallest absolute Gasteiger partial charge is 0.271 e. The lowest BCUT2D eigenvalue weighted by Gasteiger charge is -2.28. The van der Waals surface area contributed by atoms with Gasteiger partial charge in [0.05, 0.1) is 27.3 Å². The minimum Gasteiger partial charge on any atom is -0.273 e. The summed E-state index contributed by atoms with van der Waals surface area (Å²) in [4.78, 5) is 54.9. The van der Waals surface area contributed by atoms with E-state index in [4.69, 9.17) is 16.4 Å². The minimum atomic E-state index is -1.20. The quantitative estimate of drug-likeness (QED) is 0.292. The summed E-state index contributed by atoms with van der Waals surface area (Å²) in [6, 6.07) is 16.6. The maximum absolute atomic E-state index is 13.6. The Morgan fingerprint density at radius 3 is 2.09 bits per heavy atom. The van der Waals surface area contributed by atoms with Gasteiger partial charge in [-0.15, -0.1) is 0 Å². The third-order valence-electron chi connectivity index (χ3n) is 5.94. The number of carbonyl (C=O) groups is 2. The van der Waals surface area contributed by atoms with E-state index in [1.54, 1.807) is 24.3 Å². The molecule has 2 saturated heterocycles. The molecule has 0 bridgehead atoms. The number of amides is 2. The number of fused-ring (bicyclic) bond motifs is 1. The SMILES string of the molecule is O=C1C2ON(c3ccc(Cl)cc3)C(c3ccc([N+](=O)[O-])cc3)C2C(=O)N1c1cccc([N+](=O)[O-])c1. The number of nitro groups is 2. The molecule has 176 valence electrons. The number of nitro benzene ring substituents is 2. The number of nitrogens with zero attached hydrogens (tertiary/aromatic N) is 4. The Morgan fingerprint density at radius 2 is 1.46 bits per heavy atom. The minimum absolute atomic E-state index is 0.0627. The number of hydrogen-bond acceptors (Lipinski definition) is 8. The predicted octanol–water partition coefficient (Wildman–Crippen LogP) is 4.21. The Kier molecular flexibility index (Phi) is 5.42. The molecule has 2 fully saturated rings. The van der Waals surface area contributed by atoms with Gasteiger partial charge in [0.15, 0.2) is 6.10 Å². The van der Waals surface area contributed by atoms with Crippen LogP contribution in [0.1, 0.15) is 11.6 Å². The van der Waals surface area contributed by atoms with Gasteiger partial charge in [-0.1, -0.05) is 29.8 Å².